The van der Waals surface area contributed by atoms with Crippen molar-refractivity contribution in [2.75, 3.05) is 13.2 Å². The lowest BCUT2D eigenvalue weighted by molar-refractivity contribution is 0.217. The molecular weight excluding hydrogens is 204 g/mol. The van der Waals surface area contributed by atoms with Crippen LogP contribution in [0.5, 0.6) is 5.75 Å². The summed E-state index contributed by atoms with van der Waals surface area (Å²) in [5, 5.41) is 0. The lowest BCUT2D eigenvalue weighted by Crippen LogP contribution is -2.07. The molecule has 1 aromatic carbocycles. The van der Waals surface area contributed by atoms with E-state index in [0.29, 0.717) is 13.2 Å². The third kappa shape index (κ3) is 4.75. The molecule has 0 aromatic heterocycles. The van der Waals surface area contributed by atoms with Gasteiger partial charge in [0.25, 0.3) is 0 Å². The van der Waals surface area contributed by atoms with Crippen LogP contribution in [0.15, 0.2) is 30.3 Å². The fraction of sp³-hybridized carbons (Fsp3) is 0.222. The van der Waals surface area contributed by atoms with E-state index in [0.717, 1.165) is 5.75 Å². The first-order valence-corrected chi connectivity index (χ1v) is 4.68. The van der Waals surface area contributed by atoms with Crippen LogP contribution in [0.1, 0.15) is 0 Å². The number of ether oxygens (including phenoxy) is 2. The van der Waals surface area contributed by atoms with Crippen molar-refractivity contribution in [2.45, 2.75) is 0 Å². The van der Waals surface area contributed by atoms with E-state index in [1.807, 2.05) is 30.3 Å². The number of thiol groups is 1. The van der Waals surface area contributed by atoms with Crippen LogP contribution >= 0.6 is 24.8 Å². The molecule has 0 amide bonds. The van der Waals surface area contributed by atoms with Gasteiger partial charge in [0, 0.05) is 0 Å². The number of thiocarbonyl (C=S) groups is 1. The Kier molecular flexibility index (Phi) is 4.64. The summed E-state index contributed by atoms with van der Waals surface area (Å²) >= 11 is 8.42. The molecular formula is C9H10O2S2. The third-order valence-electron chi connectivity index (χ3n) is 1.32. The van der Waals surface area contributed by atoms with Gasteiger partial charge in [-0.15, -0.1) is 0 Å². The lowest BCUT2D eigenvalue weighted by atomic mass is 10.3. The zero-order valence-corrected chi connectivity index (χ0v) is 8.68. The van der Waals surface area contributed by atoms with Crippen molar-refractivity contribution in [1.82, 2.24) is 0 Å². The second kappa shape index (κ2) is 5.83. The lowest BCUT2D eigenvalue weighted by Gasteiger charge is -2.05. The molecule has 0 aliphatic carbocycles. The fourth-order valence-electron chi connectivity index (χ4n) is 0.805. The quantitative estimate of drug-likeness (QED) is 0.471. The number of rotatable bonds is 4. The van der Waals surface area contributed by atoms with E-state index in [-0.39, 0.29) is 4.38 Å². The van der Waals surface area contributed by atoms with Crippen LogP contribution in [-0.4, -0.2) is 17.6 Å². The van der Waals surface area contributed by atoms with Crippen molar-refractivity contribution in [2.24, 2.45) is 0 Å². The first-order valence-electron chi connectivity index (χ1n) is 3.82. The van der Waals surface area contributed by atoms with Crippen molar-refractivity contribution in [1.29, 1.82) is 0 Å². The summed E-state index contributed by atoms with van der Waals surface area (Å²) in [6, 6.07) is 9.54. The van der Waals surface area contributed by atoms with Crippen molar-refractivity contribution in [3.63, 3.8) is 0 Å². The van der Waals surface area contributed by atoms with Gasteiger partial charge in [-0.3, -0.25) is 0 Å². The molecule has 70 valence electrons. The van der Waals surface area contributed by atoms with E-state index in [1.54, 1.807) is 0 Å². The highest BCUT2D eigenvalue weighted by Crippen LogP contribution is 2.07. The Morgan fingerprint density at radius 1 is 1.23 bits per heavy atom. The molecule has 1 aromatic rings. The second-order valence-electron chi connectivity index (χ2n) is 2.28. The zero-order chi connectivity index (χ0) is 9.52. The minimum Gasteiger partial charge on any atom is -0.490 e. The number of hydrogen-bond acceptors (Lipinski definition) is 3. The van der Waals surface area contributed by atoms with E-state index in [4.69, 9.17) is 9.47 Å². The summed E-state index contributed by atoms with van der Waals surface area (Å²) < 4.78 is 10.5. The van der Waals surface area contributed by atoms with E-state index >= 15 is 0 Å². The Hall–Kier alpha value is -0.740. The molecule has 0 unspecified atom stereocenters. The summed E-state index contributed by atoms with van der Waals surface area (Å²) in [6.07, 6.45) is 0. The highest BCUT2D eigenvalue weighted by molar-refractivity contribution is 8.10. The highest BCUT2D eigenvalue weighted by atomic mass is 32.1. The Bertz CT molecular complexity index is 262. The average Bonchev–Trinajstić information content (AvgIpc) is 2.14. The van der Waals surface area contributed by atoms with E-state index in [2.05, 4.69) is 24.8 Å². The van der Waals surface area contributed by atoms with Crippen molar-refractivity contribution < 1.29 is 9.47 Å². The molecule has 4 heteroatoms. The Balaban J connectivity index is 2.17. The molecule has 0 bridgehead atoms. The topological polar surface area (TPSA) is 18.5 Å². The van der Waals surface area contributed by atoms with Crippen LogP contribution in [0, 0.1) is 0 Å². The normalized spacial score (nSPS) is 9.31. The van der Waals surface area contributed by atoms with Gasteiger partial charge in [0.05, 0.1) is 0 Å². The molecule has 0 atom stereocenters. The first kappa shape index (κ1) is 10.3. The van der Waals surface area contributed by atoms with Gasteiger partial charge in [-0.05, 0) is 24.4 Å². The zero-order valence-electron chi connectivity index (χ0n) is 6.97. The molecule has 0 heterocycles. The fourth-order valence-corrected chi connectivity index (χ4v) is 0.980. The van der Waals surface area contributed by atoms with Crippen LogP contribution in [0.25, 0.3) is 0 Å². The van der Waals surface area contributed by atoms with Gasteiger partial charge >= 0.3 is 0 Å². The molecule has 0 aliphatic rings. The molecule has 0 N–H and O–H groups in total. The predicted molar refractivity (Wildman–Crippen MR) is 59.5 cm³/mol. The number of para-hydroxylation sites is 1. The number of hydrogen-bond donors (Lipinski definition) is 1. The van der Waals surface area contributed by atoms with Crippen molar-refractivity contribution in [3.8, 4) is 5.75 Å². The Labute approximate surface area is 88.3 Å². The smallest absolute Gasteiger partial charge is 0.216 e. The molecule has 0 fully saturated rings. The molecule has 0 aliphatic heterocycles. The Morgan fingerprint density at radius 3 is 2.54 bits per heavy atom. The standard InChI is InChI=1S/C9H10O2S2/c12-9(13)11-7-6-10-8-4-2-1-3-5-8/h1-5H,6-7H2,(H,12,13). The maximum absolute atomic E-state index is 5.34. The molecule has 1 rings (SSSR count). The minimum atomic E-state index is 0.247. The van der Waals surface area contributed by atoms with Crippen LogP contribution in [0.2, 0.25) is 0 Å². The predicted octanol–water partition coefficient (Wildman–Crippen LogP) is 2.30. The maximum Gasteiger partial charge on any atom is 0.216 e. The molecule has 0 spiro atoms. The SMILES string of the molecule is S=C(S)OCCOc1ccccc1. The van der Waals surface area contributed by atoms with Gasteiger partial charge in [-0.1, -0.05) is 30.8 Å². The van der Waals surface area contributed by atoms with Gasteiger partial charge in [-0.2, -0.15) is 0 Å². The van der Waals surface area contributed by atoms with E-state index in [9.17, 15) is 0 Å². The van der Waals surface area contributed by atoms with Gasteiger partial charge in [-0.25, -0.2) is 0 Å². The largest absolute Gasteiger partial charge is 0.490 e. The van der Waals surface area contributed by atoms with Crippen LogP contribution in [0.3, 0.4) is 0 Å². The van der Waals surface area contributed by atoms with Crippen LogP contribution in [-0.2, 0) is 4.74 Å². The first-order chi connectivity index (χ1) is 6.29. The summed E-state index contributed by atoms with van der Waals surface area (Å²) in [7, 11) is 0. The second-order valence-corrected chi connectivity index (χ2v) is 3.36. The molecule has 0 saturated heterocycles. The molecule has 2 nitrogen and oxygen atoms in total. The average molecular weight is 214 g/mol. The van der Waals surface area contributed by atoms with Gasteiger partial charge in [0.1, 0.15) is 19.0 Å². The summed E-state index contributed by atoms with van der Waals surface area (Å²) in [6.45, 7) is 0.905. The monoisotopic (exact) mass is 214 g/mol. The van der Waals surface area contributed by atoms with E-state index < -0.39 is 0 Å². The molecule has 0 saturated carbocycles. The molecule has 13 heavy (non-hydrogen) atoms. The van der Waals surface area contributed by atoms with Crippen LogP contribution in [0.4, 0.5) is 0 Å². The van der Waals surface area contributed by atoms with E-state index in [1.165, 1.54) is 0 Å². The number of benzene rings is 1. The summed E-state index contributed by atoms with van der Waals surface area (Å²) in [5.41, 5.74) is 0. The maximum atomic E-state index is 5.34. The molecule has 0 radical (unpaired) electrons. The van der Waals surface area contributed by atoms with Gasteiger partial charge in [0.2, 0.25) is 4.38 Å². The van der Waals surface area contributed by atoms with Gasteiger partial charge in [0.15, 0.2) is 0 Å². The summed E-state index contributed by atoms with van der Waals surface area (Å²) in [4.78, 5) is 0. The Morgan fingerprint density at radius 2 is 1.92 bits per heavy atom. The van der Waals surface area contributed by atoms with Gasteiger partial charge < -0.3 is 9.47 Å². The van der Waals surface area contributed by atoms with Crippen molar-refractivity contribution >= 4 is 29.2 Å². The minimum absolute atomic E-state index is 0.247. The van der Waals surface area contributed by atoms with Crippen molar-refractivity contribution in [3.05, 3.63) is 30.3 Å². The highest BCUT2D eigenvalue weighted by Gasteiger charge is 1.92. The van der Waals surface area contributed by atoms with Crippen LogP contribution < -0.4 is 4.74 Å². The summed E-state index contributed by atoms with van der Waals surface area (Å²) in [5.74, 6) is 0.830. The third-order valence-corrected chi connectivity index (χ3v) is 1.57.